The van der Waals surface area contributed by atoms with Crippen LogP contribution in [0.1, 0.15) is 11.3 Å². The van der Waals surface area contributed by atoms with Crippen molar-refractivity contribution in [2.24, 2.45) is 0 Å². The van der Waals surface area contributed by atoms with E-state index in [4.69, 9.17) is 4.74 Å². The first-order valence-electron chi connectivity index (χ1n) is 6.51. The van der Waals surface area contributed by atoms with Crippen LogP contribution >= 0.6 is 11.3 Å². The molecule has 0 saturated carbocycles. The maximum Gasteiger partial charge on any atom is 0.221 e. The van der Waals surface area contributed by atoms with Crippen LogP contribution in [0, 0.1) is 0 Å². The first-order valence-corrected chi connectivity index (χ1v) is 7.39. The Morgan fingerprint density at radius 2 is 2.42 bits per heavy atom. The zero-order valence-corrected chi connectivity index (χ0v) is 11.7. The van der Waals surface area contributed by atoms with Crippen LogP contribution in [0.15, 0.2) is 17.5 Å². The summed E-state index contributed by atoms with van der Waals surface area (Å²) in [6.45, 7) is 3.58. The fourth-order valence-corrected chi connectivity index (χ4v) is 2.68. The Balaban J connectivity index is 1.63. The van der Waals surface area contributed by atoms with Crippen molar-refractivity contribution in [2.45, 2.75) is 19.1 Å². The second-order valence-electron chi connectivity index (χ2n) is 4.65. The van der Waals surface area contributed by atoms with Crippen molar-refractivity contribution in [3.05, 3.63) is 22.4 Å². The molecule has 1 aromatic heterocycles. The van der Waals surface area contributed by atoms with E-state index in [0.29, 0.717) is 39.3 Å². The summed E-state index contributed by atoms with van der Waals surface area (Å²) in [7, 11) is 0. The number of thiophene rings is 1. The minimum atomic E-state index is -0.506. The topological polar surface area (TPSA) is 61.8 Å². The molecule has 1 aromatic rings. The molecular weight excluding hydrogens is 264 g/mol. The number of rotatable bonds is 6. The molecule has 1 fully saturated rings. The third kappa shape index (κ3) is 5.28. The maximum atomic E-state index is 11.2. The van der Waals surface area contributed by atoms with Crippen molar-refractivity contribution in [2.75, 3.05) is 32.8 Å². The predicted octanol–water partition coefficient (Wildman–Crippen LogP) is 0.447. The zero-order chi connectivity index (χ0) is 13.5. The molecule has 0 spiro atoms. The number of aliphatic hydroxyl groups is 1. The largest absolute Gasteiger partial charge is 0.389 e. The summed E-state index contributed by atoms with van der Waals surface area (Å²) in [5, 5.41) is 14.7. The third-order valence-corrected chi connectivity index (χ3v) is 3.86. The molecule has 0 radical (unpaired) electrons. The van der Waals surface area contributed by atoms with E-state index in [-0.39, 0.29) is 5.91 Å². The number of hydrogen-bond donors (Lipinski definition) is 2. The summed E-state index contributed by atoms with van der Waals surface area (Å²) < 4.78 is 5.48. The van der Waals surface area contributed by atoms with E-state index in [2.05, 4.69) is 10.2 Å². The number of nitrogens with one attached hydrogen (secondary N) is 1. The summed E-state index contributed by atoms with van der Waals surface area (Å²) in [5.41, 5.74) is 0. The molecule has 1 amide bonds. The molecule has 1 atom stereocenters. The number of carbonyl (C=O) groups excluding carboxylic acids is 1. The summed E-state index contributed by atoms with van der Waals surface area (Å²) in [4.78, 5) is 14.5. The van der Waals surface area contributed by atoms with Gasteiger partial charge in [0.25, 0.3) is 0 Å². The van der Waals surface area contributed by atoms with E-state index in [0.717, 1.165) is 11.4 Å². The molecule has 0 aliphatic carbocycles. The average molecular weight is 284 g/mol. The Kier molecular flexibility index (Phi) is 5.78. The van der Waals surface area contributed by atoms with E-state index in [1.165, 1.54) is 0 Å². The summed E-state index contributed by atoms with van der Waals surface area (Å²) in [6, 6.07) is 4.00. The highest BCUT2D eigenvalue weighted by Crippen LogP contribution is 2.09. The summed E-state index contributed by atoms with van der Waals surface area (Å²) >= 11 is 1.65. The van der Waals surface area contributed by atoms with Gasteiger partial charge < -0.3 is 15.2 Å². The van der Waals surface area contributed by atoms with Gasteiger partial charge in [0.1, 0.15) is 0 Å². The molecule has 2 heterocycles. The van der Waals surface area contributed by atoms with Crippen LogP contribution in [0.4, 0.5) is 0 Å². The molecule has 106 valence electrons. The Bertz CT molecular complexity index is 383. The van der Waals surface area contributed by atoms with Crippen molar-refractivity contribution in [3.8, 4) is 0 Å². The highest BCUT2D eigenvalue weighted by Gasteiger charge is 2.16. The number of β-amino-alcohol motifs (C(OH)–C–C–N with tert-alkyl or cyclic N) is 1. The maximum absolute atomic E-state index is 11.2. The molecule has 0 bridgehead atoms. The lowest BCUT2D eigenvalue weighted by atomic mass is 10.3. The van der Waals surface area contributed by atoms with E-state index in [1.807, 2.05) is 17.5 Å². The van der Waals surface area contributed by atoms with Crippen LogP contribution in [0.3, 0.4) is 0 Å². The van der Waals surface area contributed by atoms with Crippen molar-refractivity contribution >= 4 is 17.2 Å². The van der Waals surface area contributed by atoms with Crippen LogP contribution in [0.5, 0.6) is 0 Å². The van der Waals surface area contributed by atoms with Crippen molar-refractivity contribution < 1.29 is 14.6 Å². The third-order valence-electron chi connectivity index (χ3n) is 3.01. The lowest BCUT2D eigenvalue weighted by Gasteiger charge is -2.22. The lowest BCUT2D eigenvalue weighted by molar-refractivity contribution is -0.120. The SMILES string of the molecule is O=C1CCN(CC(O)COCc2cccs2)CCN1. The van der Waals surface area contributed by atoms with Gasteiger partial charge in [-0.2, -0.15) is 0 Å². The first-order chi connectivity index (χ1) is 9.24. The second-order valence-corrected chi connectivity index (χ2v) is 5.68. The van der Waals surface area contributed by atoms with Gasteiger partial charge in [0.15, 0.2) is 0 Å². The number of ether oxygens (including phenoxy) is 1. The van der Waals surface area contributed by atoms with E-state index >= 15 is 0 Å². The molecular formula is C13H20N2O3S. The number of carbonyl (C=O) groups is 1. The van der Waals surface area contributed by atoms with Gasteiger partial charge in [0.05, 0.1) is 19.3 Å². The van der Waals surface area contributed by atoms with Gasteiger partial charge in [0, 0.05) is 37.5 Å². The van der Waals surface area contributed by atoms with Gasteiger partial charge in [-0.15, -0.1) is 11.3 Å². The number of hydrogen-bond acceptors (Lipinski definition) is 5. The minimum Gasteiger partial charge on any atom is -0.389 e. The molecule has 19 heavy (non-hydrogen) atoms. The second kappa shape index (κ2) is 7.59. The fourth-order valence-electron chi connectivity index (χ4n) is 2.04. The molecule has 1 saturated heterocycles. The van der Waals surface area contributed by atoms with Crippen molar-refractivity contribution in [1.82, 2.24) is 10.2 Å². The number of amides is 1. The van der Waals surface area contributed by atoms with Gasteiger partial charge in [0.2, 0.25) is 5.91 Å². The molecule has 0 aromatic carbocycles. The zero-order valence-electron chi connectivity index (χ0n) is 10.9. The number of aliphatic hydroxyl groups excluding tert-OH is 1. The highest BCUT2D eigenvalue weighted by atomic mass is 32.1. The van der Waals surface area contributed by atoms with Gasteiger partial charge in [-0.1, -0.05) is 6.07 Å². The smallest absolute Gasteiger partial charge is 0.221 e. The Morgan fingerprint density at radius 3 is 3.21 bits per heavy atom. The van der Waals surface area contributed by atoms with Crippen LogP contribution in [-0.4, -0.2) is 54.8 Å². The minimum absolute atomic E-state index is 0.0888. The number of nitrogens with zero attached hydrogens (tertiary/aromatic N) is 1. The molecule has 2 rings (SSSR count). The molecule has 1 aliphatic rings. The van der Waals surface area contributed by atoms with Crippen LogP contribution < -0.4 is 5.32 Å². The predicted molar refractivity (Wildman–Crippen MR) is 74.0 cm³/mol. The van der Waals surface area contributed by atoms with E-state index in [9.17, 15) is 9.90 Å². The normalized spacial score (nSPS) is 18.9. The molecule has 1 unspecified atom stereocenters. The van der Waals surface area contributed by atoms with E-state index < -0.39 is 6.10 Å². The molecule has 2 N–H and O–H groups in total. The van der Waals surface area contributed by atoms with Gasteiger partial charge in [-0.3, -0.25) is 9.69 Å². The Morgan fingerprint density at radius 1 is 1.53 bits per heavy atom. The van der Waals surface area contributed by atoms with Crippen molar-refractivity contribution in [3.63, 3.8) is 0 Å². The van der Waals surface area contributed by atoms with Crippen LogP contribution in [-0.2, 0) is 16.1 Å². The van der Waals surface area contributed by atoms with Crippen LogP contribution in [0.2, 0.25) is 0 Å². The summed E-state index contributed by atoms with van der Waals surface area (Å²) in [5.74, 6) is 0.0888. The molecule has 5 nitrogen and oxygen atoms in total. The Hall–Kier alpha value is -0.950. The van der Waals surface area contributed by atoms with Crippen molar-refractivity contribution in [1.29, 1.82) is 0 Å². The molecule has 1 aliphatic heterocycles. The Labute approximate surface area is 117 Å². The van der Waals surface area contributed by atoms with E-state index in [1.54, 1.807) is 11.3 Å². The van der Waals surface area contributed by atoms with Gasteiger partial charge >= 0.3 is 0 Å². The molecule has 6 heteroatoms. The monoisotopic (exact) mass is 284 g/mol. The lowest BCUT2D eigenvalue weighted by Crippen LogP contribution is -2.37. The summed E-state index contributed by atoms with van der Waals surface area (Å²) in [6.07, 6.45) is -0.00358. The first kappa shape index (κ1) is 14.5. The van der Waals surface area contributed by atoms with Crippen LogP contribution in [0.25, 0.3) is 0 Å². The van der Waals surface area contributed by atoms with Gasteiger partial charge in [-0.25, -0.2) is 0 Å². The van der Waals surface area contributed by atoms with Gasteiger partial charge in [-0.05, 0) is 11.4 Å². The fraction of sp³-hybridized carbons (Fsp3) is 0.615. The quantitative estimate of drug-likeness (QED) is 0.796. The standard InChI is InChI=1S/C13H20N2O3S/c16-11(9-18-10-12-2-1-7-19-12)8-15-5-3-13(17)14-4-6-15/h1-2,7,11,16H,3-6,8-10H2,(H,14,17). The highest BCUT2D eigenvalue weighted by molar-refractivity contribution is 7.09. The average Bonchev–Trinajstić information content (AvgIpc) is 2.81.